The number of hydrogen-bond donors (Lipinski definition) is 0. The molecule has 1 aliphatic heterocycles. The molecule has 0 saturated carbocycles. The van der Waals surface area contributed by atoms with Gasteiger partial charge in [0.15, 0.2) is 0 Å². The first kappa shape index (κ1) is 24.5. The third-order valence-electron chi connectivity index (χ3n) is 4.14. The molecule has 0 bridgehead atoms. The van der Waals surface area contributed by atoms with Gasteiger partial charge in [-0.25, -0.2) is 0 Å². The van der Waals surface area contributed by atoms with Gasteiger partial charge in [0.1, 0.15) is 0 Å². The van der Waals surface area contributed by atoms with E-state index in [1.54, 1.807) is 14.2 Å². The molecule has 1 aliphatic rings. The summed E-state index contributed by atoms with van der Waals surface area (Å²) in [5, 5.41) is 0. The van der Waals surface area contributed by atoms with E-state index in [1.165, 1.54) is 0 Å². The normalized spacial score (nSPS) is 15.7. The number of methoxy groups -OCH3 is 2. The molecule has 0 amide bonds. The molecule has 162 valence electrons. The molecule has 0 aromatic heterocycles. The molecule has 0 radical (unpaired) electrons. The first-order valence-corrected chi connectivity index (χ1v) is 11.5. The van der Waals surface area contributed by atoms with E-state index in [9.17, 15) is 0 Å². The summed E-state index contributed by atoms with van der Waals surface area (Å²) in [5.74, 6) is 0.920. The summed E-state index contributed by atoms with van der Waals surface area (Å²) in [5.41, 5.74) is 0. The Morgan fingerprint density at radius 1 is 0.778 bits per heavy atom. The van der Waals surface area contributed by atoms with Crippen molar-refractivity contribution >= 4 is 13.8 Å². The molecule has 1 saturated heterocycles. The Bertz CT molecular complexity index is 388. The van der Waals surface area contributed by atoms with E-state index in [0.29, 0.717) is 59.0 Å². The number of nitrogens with zero attached hydrogens (tertiary/aromatic N) is 3. The minimum atomic E-state index is -2.77. The number of guanidine groups is 1. The standard InChI is InChI=1S/C17H38N3O6P/c1-6-27(25-15-13-23-11-9-21-4,26-16-14-24-12-10-22-5)18-17-19(2)7-8-20(17)3/h27H,6-16H2,1-5H3. The fourth-order valence-corrected chi connectivity index (χ4v) is 4.74. The second-order valence-corrected chi connectivity index (χ2v) is 9.16. The van der Waals surface area contributed by atoms with Gasteiger partial charge in [0.2, 0.25) is 0 Å². The molecule has 10 heteroatoms. The van der Waals surface area contributed by atoms with Gasteiger partial charge >= 0.3 is 164 Å². The van der Waals surface area contributed by atoms with Gasteiger partial charge in [0, 0.05) is 0 Å². The molecule has 0 spiro atoms. The molecule has 1 rings (SSSR count). The van der Waals surface area contributed by atoms with Crippen molar-refractivity contribution in [2.75, 3.05) is 100 Å². The summed E-state index contributed by atoms with van der Waals surface area (Å²) in [6, 6.07) is 0. The van der Waals surface area contributed by atoms with Crippen molar-refractivity contribution in [2.24, 2.45) is 4.76 Å². The second-order valence-electron chi connectivity index (χ2n) is 6.23. The van der Waals surface area contributed by atoms with Gasteiger partial charge in [-0.05, 0) is 0 Å². The molecular weight excluding hydrogens is 373 g/mol. The van der Waals surface area contributed by atoms with Crippen molar-refractivity contribution < 1.29 is 28.0 Å². The molecule has 0 aliphatic carbocycles. The third kappa shape index (κ3) is 9.47. The van der Waals surface area contributed by atoms with Gasteiger partial charge in [-0.1, -0.05) is 0 Å². The van der Waals surface area contributed by atoms with Crippen molar-refractivity contribution in [3.05, 3.63) is 0 Å². The van der Waals surface area contributed by atoms with E-state index in [0.717, 1.165) is 19.0 Å². The zero-order valence-corrected chi connectivity index (χ0v) is 18.6. The summed E-state index contributed by atoms with van der Waals surface area (Å²) in [7, 11) is 4.62. The van der Waals surface area contributed by atoms with Crippen LogP contribution in [-0.4, -0.2) is 116 Å². The Balaban J connectivity index is 2.63. The fraction of sp³-hybridized carbons (Fsp3) is 0.941. The number of ether oxygens (including phenoxy) is 4. The van der Waals surface area contributed by atoms with E-state index >= 15 is 0 Å². The van der Waals surface area contributed by atoms with Crippen LogP contribution in [0.3, 0.4) is 0 Å². The topological polar surface area (TPSA) is 74.2 Å². The van der Waals surface area contributed by atoms with Gasteiger partial charge in [-0.2, -0.15) is 0 Å². The van der Waals surface area contributed by atoms with E-state index in [2.05, 4.69) is 16.7 Å². The predicted molar refractivity (Wildman–Crippen MR) is 109 cm³/mol. The van der Waals surface area contributed by atoms with Crippen LogP contribution in [0.25, 0.3) is 0 Å². The van der Waals surface area contributed by atoms with E-state index < -0.39 is 7.87 Å². The SMILES string of the molecule is CC[PH](N=C1N(C)CCN1C)(OCCOCCOC)OCCOCCOC. The Morgan fingerprint density at radius 3 is 1.63 bits per heavy atom. The van der Waals surface area contributed by atoms with Crippen LogP contribution in [0.2, 0.25) is 0 Å². The second kappa shape index (κ2) is 14.5. The summed E-state index contributed by atoms with van der Waals surface area (Å²) >= 11 is 0. The first-order chi connectivity index (χ1) is 13.1. The van der Waals surface area contributed by atoms with Crippen LogP contribution >= 0.6 is 7.87 Å². The summed E-state index contributed by atoms with van der Waals surface area (Å²) < 4.78 is 38.3. The Labute approximate surface area is 164 Å². The first-order valence-electron chi connectivity index (χ1n) is 9.52. The van der Waals surface area contributed by atoms with Crippen LogP contribution in [0.4, 0.5) is 0 Å². The van der Waals surface area contributed by atoms with Gasteiger partial charge < -0.3 is 0 Å². The maximum atomic E-state index is 6.18. The summed E-state index contributed by atoms with van der Waals surface area (Å²) in [6.45, 7) is 8.06. The maximum absolute atomic E-state index is 6.18. The summed E-state index contributed by atoms with van der Waals surface area (Å²) in [6.07, 6.45) is 0.717. The fourth-order valence-electron chi connectivity index (χ4n) is 2.51. The summed E-state index contributed by atoms with van der Waals surface area (Å²) in [4.78, 5) is 4.27. The van der Waals surface area contributed by atoms with E-state index in [-0.39, 0.29) is 0 Å². The van der Waals surface area contributed by atoms with E-state index in [1.807, 2.05) is 14.1 Å². The molecule has 0 aromatic carbocycles. The molecule has 1 fully saturated rings. The molecule has 0 N–H and O–H groups in total. The van der Waals surface area contributed by atoms with Crippen molar-refractivity contribution in [3.63, 3.8) is 0 Å². The quantitative estimate of drug-likeness (QED) is 0.276. The van der Waals surface area contributed by atoms with Crippen molar-refractivity contribution in [1.82, 2.24) is 9.80 Å². The predicted octanol–water partition coefficient (Wildman–Crippen LogP) is 1.09. The minimum absolute atomic E-state index is 0.443. The van der Waals surface area contributed by atoms with Gasteiger partial charge in [-0.3, -0.25) is 0 Å². The number of hydrogen-bond acceptors (Lipinski definition) is 7. The van der Waals surface area contributed by atoms with Crippen LogP contribution in [-0.2, 0) is 28.0 Å². The molecule has 0 atom stereocenters. The average molecular weight is 411 g/mol. The molecular formula is C17H38N3O6P. The Morgan fingerprint density at radius 2 is 1.22 bits per heavy atom. The van der Waals surface area contributed by atoms with Gasteiger partial charge in [0.25, 0.3) is 0 Å². The zero-order valence-electron chi connectivity index (χ0n) is 17.6. The number of rotatable bonds is 16. The number of likely N-dealkylation sites (N-methyl/N-ethyl adjacent to an activating group) is 2. The van der Waals surface area contributed by atoms with Crippen LogP contribution in [0.1, 0.15) is 6.92 Å². The van der Waals surface area contributed by atoms with Crippen LogP contribution in [0, 0.1) is 0 Å². The zero-order chi connectivity index (χ0) is 20.0. The molecule has 9 nitrogen and oxygen atoms in total. The van der Waals surface area contributed by atoms with Crippen molar-refractivity contribution in [3.8, 4) is 0 Å². The molecule has 0 aromatic rings. The molecule has 1 heterocycles. The van der Waals surface area contributed by atoms with Gasteiger partial charge in [0.05, 0.1) is 0 Å². The van der Waals surface area contributed by atoms with Crippen LogP contribution < -0.4 is 0 Å². The molecule has 0 unspecified atom stereocenters. The monoisotopic (exact) mass is 411 g/mol. The van der Waals surface area contributed by atoms with Crippen molar-refractivity contribution in [2.45, 2.75) is 6.92 Å². The van der Waals surface area contributed by atoms with E-state index in [4.69, 9.17) is 32.8 Å². The Kier molecular flexibility index (Phi) is 13.1. The molecule has 27 heavy (non-hydrogen) atoms. The van der Waals surface area contributed by atoms with Crippen molar-refractivity contribution in [1.29, 1.82) is 0 Å². The van der Waals surface area contributed by atoms with Crippen LogP contribution in [0.15, 0.2) is 4.76 Å². The average Bonchev–Trinajstić information content (AvgIpc) is 2.98. The van der Waals surface area contributed by atoms with Gasteiger partial charge in [-0.15, -0.1) is 0 Å². The Hall–Kier alpha value is -0.540. The van der Waals surface area contributed by atoms with Crippen LogP contribution in [0.5, 0.6) is 0 Å². The third-order valence-corrected chi connectivity index (χ3v) is 6.89.